The summed E-state index contributed by atoms with van der Waals surface area (Å²) in [4.78, 5) is 14.1. The minimum absolute atomic E-state index is 0.00276. The lowest BCUT2D eigenvalue weighted by atomic mass is 10.2. The maximum Gasteiger partial charge on any atom is 0.228 e. The smallest absolute Gasteiger partial charge is 0.228 e. The fourth-order valence-corrected chi connectivity index (χ4v) is 2.74. The van der Waals surface area contributed by atoms with Crippen LogP contribution in [0.5, 0.6) is 5.88 Å². The molecule has 3 rings (SSSR count). The van der Waals surface area contributed by atoms with Crippen LogP contribution in [0.1, 0.15) is 6.42 Å². The summed E-state index contributed by atoms with van der Waals surface area (Å²) >= 11 is 11.7. The Bertz CT molecular complexity index is 708. The van der Waals surface area contributed by atoms with Crippen LogP contribution in [0.15, 0.2) is 0 Å². The second kappa shape index (κ2) is 6.36. The average Bonchev–Trinajstić information content (AvgIpc) is 2.79. The third kappa shape index (κ3) is 2.76. The van der Waals surface area contributed by atoms with E-state index in [2.05, 4.69) is 15.0 Å². The highest BCUT2D eigenvalue weighted by Gasteiger charge is 2.23. The number of rotatable bonds is 2. The van der Waals surface area contributed by atoms with Gasteiger partial charge in [0.2, 0.25) is 11.2 Å². The van der Waals surface area contributed by atoms with Crippen LogP contribution in [0.3, 0.4) is 0 Å². The molecule has 0 amide bonds. The maximum absolute atomic E-state index is 14.3. The Morgan fingerprint density at radius 1 is 1.18 bits per heavy atom. The highest BCUT2D eigenvalue weighted by Crippen LogP contribution is 2.36. The molecule has 0 N–H and O–H groups in total. The van der Waals surface area contributed by atoms with Crippen LogP contribution in [-0.2, 0) is 4.74 Å². The van der Waals surface area contributed by atoms with Crippen LogP contribution in [0.2, 0.25) is 10.4 Å². The van der Waals surface area contributed by atoms with Crippen molar-refractivity contribution in [2.24, 2.45) is 0 Å². The molecule has 0 aromatic carbocycles. The summed E-state index contributed by atoms with van der Waals surface area (Å²) in [6.07, 6.45) is 0.828. The average molecular weight is 347 g/mol. The SMILES string of the molecule is COc1nc(Cl)c(F)c2nc(Cl)nc(N3CCCOCC3)c12. The number of halogens is 3. The molecule has 1 saturated heterocycles. The first kappa shape index (κ1) is 15.5. The molecule has 6 nitrogen and oxygen atoms in total. The molecule has 0 bridgehead atoms. The Hall–Kier alpha value is -1.44. The third-order valence-corrected chi connectivity index (χ3v) is 3.80. The Kier molecular flexibility index (Phi) is 4.46. The number of pyridine rings is 1. The van der Waals surface area contributed by atoms with Crippen molar-refractivity contribution in [3.05, 3.63) is 16.3 Å². The van der Waals surface area contributed by atoms with E-state index in [0.717, 1.165) is 6.42 Å². The zero-order valence-electron chi connectivity index (χ0n) is 11.8. The van der Waals surface area contributed by atoms with Gasteiger partial charge in [0.1, 0.15) is 16.7 Å². The lowest BCUT2D eigenvalue weighted by molar-refractivity contribution is 0.152. The summed E-state index contributed by atoms with van der Waals surface area (Å²) in [5, 5.41) is -0.0177. The molecule has 1 aliphatic rings. The predicted octanol–water partition coefficient (Wildman–Crippen LogP) is 2.71. The summed E-state index contributed by atoms with van der Waals surface area (Å²) < 4.78 is 24.9. The van der Waals surface area contributed by atoms with Gasteiger partial charge in [-0.2, -0.15) is 9.97 Å². The standard InChI is InChI=1S/C13H13Cl2FN4O2/c1-21-12-7-9(8(16)10(14)18-12)17-13(15)19-11(7)20-3-2-5-22-6-4-20/h2-6H2,1H3. The van der Waals surface area contributed by atoms with Crippen LogP contribution in [0.25, 0.3) is 10.9 Å². The van der Waals surface area contributed by atoms with E-state index in [1.165, 1.54) is 7.11 Å². The zero-order chi connectivity index (χ0) is 15.7. The van der Waals surface area contributed by atoms with Gasteiger partial charge in [-0.05, 0) is 18.0 Å². The number of aromatic nitrogens is 3. The molecule has 0 saturated carbocycles. The van der Waals surface area contributed by atoms with Crippen LogP contribution in [-0.4, -0.2) is 48.4 Å². The van der Waals surface area contributed by atoms with E-state index < -0.39 is 5.82 Å². The molecular formula is C13H13Cl2FN4O2. The Labute approximate surface area is 136 Å². The molecule has 1 aliphatic heterocycles. The Morgan fingerprint density at radius 2 is 2.00 bits per heavy atom. The van der Waals surface area contributed by atoms with Gasteiger partial charge >= 0.3 is 0 Å². The number of anilines is 1. The van der Waals surface area contributed by atoms with Gasteiger partial charge in [-0.3, -0.25) is 0 Å². The third-order valence-electron chi connectivity index (χ3n) is 3.38. The topological polar surface area (TPSA) is 60.4 Å². The van der Waals surface area contributed by atoms with Gasteiger partial charge < -0.3 is 14.4 Å². The summed E-state index contributed by atoms with van der Waals surface area (Å²) in [6.45, 7) is 2.53. The molecule has 1 fully saturated rings. The minimum Gasteiger partial charge on any atom is -0.480 e. The van der Waals surface area contributed by atoms with Crippen molar-refractivity contribution in [1.82, 2.24) is 15.0 Å². The van der Waals surface area contributed by atoms with E-state index in [0.29, 0.717) is 37.5 Å². The van der Waals surface area contributed by atoms with E-state index in [4.69, 9.17) is 32.7 Å². The van der Waals surface area contributed by atoms with E-state index in [1.807, 2.05) is 4.90 Å². The quantitative estimate of drug-likeness (QED) is 0.615. The van der Waals surface area contributed by atoms with Crippen molar-refractivity contribution < 1.29 is 13.9 Å². The first-order chi connectivity index (χ1) is 10.6. The molecule has 2 aromatic rings. The van der Waals surface area contributed by atoms with Crippen molar-refractivity contribution in [3.8, 4) is 5.88 Å². The molecule has 2 aromatic heterocycles. The molecule has 22 heavy (non-hydrogen) atoms. The second-order valence-corrected chi connectivity index (χ2v) is 5.41. The van der Waals surface area contributed by atoms with E-state index in [1.54, 1.807) is 0 Å². The maximum atomic E-state index is 14.3. The molecule has 0 radical (unpaired) electrons. The largest absolute Gasteiger partial charge is 0.480 e. The molecular weight excluding hydrogens is 334 g/mol. The van der Waals surface area contributed by atoms with Crippen molar-refractivity contribution in [3.63, 3.8) is 0 Å². The Balaban J connectivity index is 2.26. The van der Waals surface area contributed by atoms with E-state index >= 15 is 0 Å². The first-order valence-electron chi connectivity index (χ1n) is 6.70. The zero-order valence-corrected chi connectivity index (χ0v) is 13.3. The van der Waals surface area contributed by atoms with Crippen molar-refractivity contribution in [2.75, 3.05) is 38.3 Å². The van der Waals surface area contributed by atoms with Crippen LogP contribution in [0.4, 0.5) is 10.2 Å². The van der Waals surface area contributed by atoms with Gasteiger partial charge in [0.05, 0.1) is 13.7 Å². The number of methoxy groups -OCH3 is 1. The number of hydrogen-bond acceptors (Lipinski definition) is 6. The van der Waals surface area contributed by atoms with Gasteiger partial charge in [0.15, 0.2) is 11.0 Å². The normalized spacial score (nSPS) is 15.9. The van der Waals surface area contributed by atoms with Crippen LogP contribution in [0, 0.1) is 5.82 Å². The molecule has 9 heteroatoms. The van der Waals surface area contributed by atoms with Crippen LogP contribution < -0.4 is 9.64 Å². The second-order valence-electron chi connectivity index (χ2n) is 4.72. The number of hydrogen-bond donors (Lipinski definition) is 0. The molecule has 0 aliphatic carbocycles. The van der Waals surface area contributed by atoms with Crippen molar-refractivity contribution in [1.29, 1.82) is 0 Å². The highest BCUT2D eigenvalue weighted by atomic mass is 35.5. The van der Waals surface area contributed by atoms with Gasteiger partial charge in [-0.15, -0.1) is 0 Å². The summed E-state index contributed by atoms with van der Waals surface area (Å²) in [5.74, 6) is -0.104. The molecule has 0 unspecified atom stereocenters. The van der Waals surface area contributed by atoms with Gasteiger partial charge in [0.25, 0.3) is 0 Å². The fourth-order valence-electron chi connectivity index (χ4n) is 2.40. The summed E-state index contributed by atoms with van der Waals surface area (Å²) in [5.41, 5.74) is -0.00276. The van der Waals surface area contributed by atoms with Crippen LogP contribution >= 0.6 is 23.2 Å². The molecule has 0 spiro atoms. The molecule has 0 atom stereocenters. The predicted molar refractivity (Wildman–Crippen MR) is 81.5 cm³/mol. The van der Waals surface area contributed by atoms with Gasteiger partial charge in [-0.25, -0.2) is 9.37 Å². The fraction of sp³-hybridized carbons (Fsp3) is 0.462. The molecule has 3 heterocycles. The monoisotopic (exact) mass is 346 g/mol. The molecule has 118 valence electrons. The number of ether oxygens (including phenoxy) is 2. The van der Waals surface area contributed by atoms with Gasteiger partial charge in [-0.1, -0.05) is 11.6 Å². The number of nitrogens with zero attached hydrogens (tertiary/aromatic N) is 4. The Morgan fingerprint density at radius 3 is 2.77 bits per heavy atom. The summed E-state index contributed by atoms with van der Waals surface area (Å²) in [6, 6.07) is 0. The first-order valence-corrected chi connectivity index (χ1v) is 7.46. The van der Waals surface area contributed by atoms with Gasteiger partial charge in [0, 0.05) is 19.7 Å². The summed E-state index contributed by atoms with van der Waals surface area (Å²) in [7, 11) is 1.43. The lowest BCUT2D eigenvalue weighted by Gasteiger charge is -2.23. The number of fused-ring (bicyclic) bond motifs is 1. The van der Waals surface area contributed by atoms with E-state index in [9.17, 15) is 4.39 Å². The lowest BCUT2D eigenvalue weighted by Crippen LogP contribution is -2.27. The van der Waals surface area contributed by atoms with E-state index in [-0.39, 0.29) is 21.8 Å². The van der Waals surface area contributed by atoms with Crippen molar-refractivity contribution in [2.45, 2.75) is 6.42 Å². The minimum atomic E-state index is -0.742. The highest BCUT2D eigenvalue weighted by molar-refractivity contribution is 6.31. The van der Waals surface area contributed by atoms with Crippen molar-refractivity contribution >= 4 is 39.9 Å².